The van der Waals surface area contributed by atoms with E-state index in [2.05, 4.69) is 29.4 Å². The molecule has 3 nitrogen and oxygen atoms in total. The van der Waals surface area contributed by atoms with Gasteiger partial charge in [-0.1, -0.05) is 84.9 Å². The Kier molecular flexibility index (Phi) is 5.14. The lowest BCUT2D eigenvalue weighted by Gasteiger charge is -2.19. The Morgan fingerprint density at radius 3 is 1.79 bits per heavy atom. The largest absolute Gasteiger partial charge is 0.365 e. The van der Waals surface area contributed by atoms with Crippen LogP contribution in [0.25, 0.3) is 0 Å². The van der Waals surface area contributed by atoms with Gasteiger partial charge >= 0.3 is 0 Å². The van der Waals surface area contributed by atoms with Gasteiger partial charge in [0.2, 0.25) is 6.23 Å². The molecular formula is C21H19NO2. The molecule has 0 bridgehead atoms. The van der Waals surface area contributed by atoms with Crippen molar-refractivity contribution in [3.05, 3.63) is 112 Å². The zero-order chi connectivity index (χ0) is 16.8. The minimum absolute atomic E-state index is 0.212. The fraction of sp³-hybridized carbons (Fsp3) is 0.143. The number of aliphatic hydroxyl groups excluding tert-OH is 1. The first kappa shape index (κ1) is 16.1. The van der Waals surface area contributed by atoms with Crippen molar-refractivity contribution in [2.24, 2.45) is 5.18 Å². The topological polar surface area (TPSA) is 49.7 Å². The number of rotatable bonds is 6. The summed E-state index contributed by atoms with van der Waals surface area (Å²) in [5.74, 6) is 0.212. The van der Waals surface area contributed by atoms with Gasteiger partial charge in [-0.25, -0.2) is 0 Å². The summed E-state index contributed by atoms with van der Waals surface area (Å²) in [5.41, 5.74) is 4.17. The van der Waals surface area contributed by atoms with Gasteiger partial charge in [-0.15, -0.1) is 4.91 Å². The molecule has 0 spiro atoms. The quantitative estimate of drug-likeness (QED) is 0.663. The van der Waals surface area contributed by atoms with Crippen molar-refractivity contribution in [2.45, 2.75) is 18.6 Å². The van der Waals surface area contributed by atoms with E-state index in [1.54, 1.807) is 12.1 Å². The maximum atomic E-state index is 10.5. The fourth-order valence-electron chi connectivity index (χ4n) is 2.92. The minimum Gasteiger partial charge on any atom is -0.365 e. The number of benzene rings is 3. The molecule has 3 rings (SSSR count). The average Bonchev–Trinajstić information content (AvgIpc) is 2.67. The van der Waals surface area contributed by atoms with Crippen LogP contribution in [0.4, 0.5) is 0 Å². The van der Waals surface area contributed by atoms with Gasteiger partial charge in [0, 0.05) is 11.5 Å². The van der Waals surface area contributed by atoms with Gasteiger partial charge in [-0.3, -0.25) is 0 Å². The molecule has 2 atom stereocenters. The highest BCUT2D eigenvalue weighted by atomic mass is 16.3. The second-order valence-electron chi connectivity index (χ2n) is 5.80. The van der Waals surface area contributed by atoms with Gasteiger partial charge in [0.15, 0.2) is 0 Å². The molecule has 2 unspecified atom stereocenters. The average molecular weight is 317 g/mol. The molecule has 0 fully saturated rings. The van der Waals surface area contributed by atoms with Gasteiger partial charge in [0.05, 0.1) is 0 Å². The van der Waals surface area contributed by atoms with Gasteiger partial charge in [0.1, 0.15) is 0 Å². The third kappa shape index (κ3) is 3.76. The van der Waals surface area contributed by atoms with E-state index < -0.39 is 6.23 Å². The predicted octanol–water partition coefficient (Wildman–Crippen LogP) is 4.82. The van der Waals surface area contributed by atoms with E-state index >= 15 is 0 Å². The second-order valence-corrected chi connectivity index (χ2v) is 5.80. The summed E-state index contributed by atoms with van der Waals surface area (Å²) in [6.45, 7) is 0. The molecule has 24 heavy (non-hydrogen) atoms. The molecule has 0 amide bonds. The Balaban J connectivity index is 1.94. The molecule has 0 aliphatic rings. The van der Waals surface area contributed by atoms with Crippen molar-refractivity contribution >= 4 is 0 Å². The first-order valence-corrected chi connectivity index (χ1v) is 7.97. The number of hydrogen-bond acceptors (Lipinski definition) is 3. The first-order chi connectivity index (χ1) is 11.8. The molecule has 0 saturated carbocycles. The number of aliphatic hydroxyl groups is 1. The van der Waals surface area contributed by atoms with Crippen molar-refractivity contribution in [3.63, 3.8) is 0 Å². The minimum atomic E-state index is -1.30. The third-order valence-electron chi connectivity index (χ3n) is 4.22. The maximum Gasteiger partial charge on any atom is 0.213 e. The maximum absolute atomic E-state index is 10.5. The van der Waals surface area contributed by atoms with Crippen LogP contribution < -0.4 is 0 Å². The first-order valence-electron chi connectivity index (χ1n) is 7.97. The SMILES string of the molecule is O=NC(O)c1ccc(C(Cc2ccccc2)c2ccccc2)cc1. The molecule has 0 aliphatic carbocycles. The molecule has 0 aliphatic heterocycles. The Morgan fingerprint density at radius 1 is 0.708 bits per heavy atom. The zero-order valence-electron chi connectivity index (χ0n) is 13.2. The van der Waals surface area contributed by atoms with E-state index in [0.717, 1.165) is 12.0 Å². The van der Waals surface area contributed by atoms with Gasteiger partial charge in [-0.05, 0) is 28.3 Å². The standard InChI is InChI=1S/C21H19NO2/c23-21(22-24)19-13-11-18(12-14-19)20(17-9-5-2-6-10-17)15-16-7-3-1-4-8-16/h1-14,20-21,23H,15H2. The van der Waals surface area contributed by atoms with Crippen LogP contribution in [-0.2, 0) is 6.42 Å². The highest BCUT2D eigenvalue weighted by Gasteiger charge is 2.16. The van der Waals surface area contributed by atoms with Crippen LogP contribution >= 0.6 is 0 Å². The summed E-state index contributed by atoms with van der Waals surface area (Å²) in [6.07, 6.45) is -0.415. The number of nitroso groups, excluding NO2 is 1. The normalized spacial score (nSPS) is 13.2. The molecular weight excluding hydrogens is 298 g/mol. The summed E-state index contributed by atoms with van der Waals surface area (Å²) in [7, 11) is 0. The van der Waals surface area contributed by atoms with Crippen molar-refractivity contribution in [1.29, 1.82) is 0 Å². The second kappa shape index (κ2) is 7.66. The van der Waals surface area contributed by atoms with Gasteiger partial charge in [-0.2, -0.15) is 0 Å². The van der Waals surface area contributed by atoms with Crippen molar-refractivity contribution in [3.8, 4) is 0 Å². The van der Waals surface area contributed by atoms with Crippen molar-refractivity contribution < 1.29 is 5.11 Å². The lowest BCUT2D eigenvalue weighted by molar-refractivity contribution is 0.187. The molecule has 1 N–H and O–H groups in total. The van der Waals surface area contributed by atoms with Crippen LogP contribution in [0.2, 0.25) is 0 Å². The molecule has 0 aromatic heterocycles. The Bertz CT molecular complexity index is 770. The Morgan fingerprint density at radius 2 is 1.21 bits per heavy atom. The number of nitrogens with zero attached hydrogens (tertiary/aromatic N) is 1. The molecule has 3 heteroatoms. The monoisotopic (exact) mass is 317 g/mol. The van der Waals surface area contributed by atoms with E-state index in [1.165, 1.54) is 11.1 Å². The smallest absolute Gasteiger partial charge is 0.213 e. The predicted molar refractivity (Wildman–Crippen MR) is 95.6 cm³/mol. The molecule has 0 heterocycles. The molecule has 0 radical (unpaired) electrons. The fourth-order valence-corrected chi connectivity index (χ4v) is 2.92. The Labute approximate surface area is 141 Å². The molecule has 3 aromatic rings. The van der Waals surface area contributed by atoms with E-state index in [9.17, 15) is 10.0 Å². The molecule has 120 valence electrons. The van der Waals surface area contributed by atoms with Crippen LogP contribution in [-0.4, -0.2) is 5.11 Å². The van der Waals surface area contributed by atoms with Gasteiger partial charge < -0.3 is 5.11 Å². The summed E-state index contributed by atoms with van der Waals surface area (Å²) >= 11 is 0. The highest BCUT2D eigenvalue weighted by molar-refractivity contribution is 5.36. The van der Waals surface area contributed by atoms with Crippen LogP contribution in [0.15, 0.2) is 90.1 Å². The molecule has 3 aromatic carbocycles. The number of hydrogen-bond donors (Lipinski definition) is 1. The van der Waals surface area contributed by atoms with Gasteiger partial charge in [0.25, 0.3) is 0 Å². The molecule has 0 saturated heterocycles. The van der Waals surface area contributed by atoms with E-state index in [1.807, 2.05) is 48.5 Å². The zero-order valence-corrected chi connectivity index (χ0v) is 13.2. The summed E-state index contributed by atoms with van der Waals surface area (Å²) < 4.78 is 0. The van der Waals surface area contributed by atoms with E-state index in [0.29, 0.717) is 5.56 Å². The van der Waals surface area contributed by atoms with Crippen LogP contribution in [0.1, 0.15) is 34.4 Å². The van der Waals surface area contributed by atoms with Crippen molar-refractivity contribution in [1.82, 2.24) is 0 Å². The summed E-state index contributed by atoms with van der Waals surface area (Å²) in [5, 5.41) is 12.2. The van der Waals surface area contributed by atoms with Crippen molar-refractivity contribution in [2.75, 3.05) is 0 Å². The van der Waals surface area contributed by atoms with E-state index in [4.69, 9.17) is 0 Å². The third-order valence-corrected chi connectivity index (χ3v) is 4.22. The summed E-state index contributed by atoms with van der Waals surface area (Å²) in [6, 6.07) is 28.2. The highest BCUT2D eigenvalue weighted by Crippen LogP contribution is 2.29. The van der Waals surface area contributed by atoms with Crippen LogP contribution in [0.5, 0.6) is 0 Å². The van der Waals surface area contributed by atoms with E-state index in [-0.39, 0.29) is 5.92 Å². The lowest BCUT2D eigenvalue weighted by atomic mass is 9.85. The van der Waals surface area contributed by atoms with Crippen LogP contribution in [0, 0.1) is 4.91 Å². The lowest BCUT2D eigenvalue weighted by Crippen LogP contribution is -2.05. The van der Waals surface area contributed by atoms with Crippen LogP contribution in [0.3, 0.4) is 0 Å². The Hall–Kier alpha value is -2.78. The summed E-state index contributed by atoms with van der Waals surface area (Å²) in [4.78, 5) is 10.5.